The largest absolute Gasteiger partial charge is 0.483 e. The van der Waals surface area contributed by atoms with Crippen LogP contribution in [0.4, 0.5) is 0 Å². The lowest BCUT2D eigenvalue weighted by Gasteiger charge is -2.27. The van der Waals surface area contributed by atoms with Gasteiger partial charge in [0.2, 0.25) is 0 Å². The Labute approximate surface area is 170 Å². The molecule has 0 saturated carbocycles. The Morgan fingerprint density at radius 2 is 2.11 bits per heavy atom. The summed E-state index contributed by atoms with van der Waals surface area (Å²) in [6, 6.07) is 10.4. The van der Waals surface area contributed by atoms with Gasteiger partial charge in [-0.15, -0.1) is 11.3 Å². The molecule has 1 unspecified atom stereocenters. The van der Waals surface area contributed by atoms with Crippen molar-refractivity contribution in [1.29, 1.82) is 0 Å². The molecule has 0 radical (unpaired) electrons. The van der Waals surface area contributed by atoms with Gasteiger partial charge in [0.25, 0.3) is 5.91 Å². The second kappa shape index (κ2) is 8.13. The van der Waals surface area contributed by atoms with Crippen molar-refractivity contribution >= 4 is 17.2 Å². The molecule has 1 saturated heterocycles. The average Bonchev–Trinajstić information content (AvgIpc) is 3.40. The Morgan fingerprint density at radius 1 is 1.29 bits per heavy atom. The van der Waals surface area contributed by atoms with E-state index in [4.69, 9.17) is 9.47 Å². The first-order valence-electron chi connectivity index (χ1n) is 10.00. The van der Waals surface area contributed by atoms with Crippen LogP contribution < -0.4 is 14.8 Å². The van der Waals surface area contributed by atoms with E-state index < -0.39 is 0 Å². The van der Waals surface area contributed by atoms with Gasteiger partial charge in [-0.3, -0.25) is 9.69 Å². The maximum absolute atomic E-state index is 12.4. The summed E-state index contributed by atoms with van der Waals surface area (Å²) in [6.07, 6.45) is 3.31. The number of amides is 1. The molecule has 0 aliphatic carbocycles. The first-order chi connectivity index (χ1) is 13.5. The molecule has 6 heteroatoms. The van der Waals surface area contributed by atoms with Gasteiger partial charge < -0.3 is 14.8 Å². The highest BCUT2D eigenvalue weighted by Crippen LogP contribution is 2.41. The fourth-order valence-corrected chi connectivity index (χ4v) is 4.91. The van der Waals surface area contributed by atoms with Gasteiger partial charge in [-0.1, -0.05) is 18.2 Å². The van der Waals surface area contributed by atoms with E-state index >= 15 is 0 Å². The molecule has 1 N–H and O–H groups in total. The third-order valence-electron chi connectivity index (χ3n) is 5.36. The highest BCUT2D eigenvalue weighted by molar-refractivity contribution is 7.10. The zero-order chi connectivity index (χ0) is 19.6. The molecular formula is C22H28N2O3S. The molecule has 1 fully saturated rings. The fraction of sp³-hybridized carbons (Fsp3) is 0.500. The highest BCUT2D eigenvalue weighted by Gasteiger charge is 2.32. The van der Waals surface area contributed by atoms with Crippen molar-refractivity contribution in [3.8, 4) is 11.5 Å². The summed E-state index contributed by atoms with van der Waals surface area (Å²) in [7, 11) is 0. The van der Waals surface area contributed by atoms with Crippen LogP contribution in [0, 0.1) is 0 Å². The topological polar surface area (TPSA) is 50.8 Å². The molecule has 0 spiro atoms. The first kappa shape index (κ1) is 19.3. The van der Waals surface area contributed by atoms with E-state index in [1.165, 1.54) is 17.7 Å². The van der Waals surface area contributed by atoms with Crippen LogP contribution in [-0.2, 0) is 11.2 Å². The number of rotatable bonds is 7. The van der Waals surface area contributed by atoms with E-state index in [1.54, 1.807) is 11.3 Å². The average molecular weight is 401 g/mol. The first-order valence-corrected chi connectivity index (χ1v) is 10.9. The number of thiophene rings is 1. The summed E-state index contributed by atoms with van der Waals surface area (Å²) in [5, 5.41) is 5.16. The normalized spacial score (nSPS) is 19.1. The molecule has 2 aliphatic heterocycles. The van der Waals surface area contributed by atoms with Gasteiger partial charge in [-0.2, -0.15) is 0 Å². The maximum Gasteiger partial charge on any atom is 0.258 e. The van der Waals surface area contributed by atoms with Crippen molar-refractivity contribution in [1.82, 2.24) is 10.2 Å². The summed E-state index contributed by atoms with van der Waals surface area (Å²) in [6.45, 7) is 6.92. The number of benzene rings is 1. The van der Waals surface area contributed by atoms with Gasteiger partial charge in [0.05, 0.1) is 6.04 Å². The summed E-state index contributed by atoms with van der Waals surface area (Å²) in [4.78, 5) is 16.2. The number of fused-ring (bicyclic) bond motifs is 1. The molecule has 150 valence electrons. The summed E-state index contributed by atoms with van der Waals surface area (Å²) < 4.78 is 11.8. The Morgan fingerprint density at radius 3 is 2.86 bits per heavy atom. The molecule has 1 amide bonds. The van der Waals surface area contributed by atoms with E-state index in [1.807, 2.05) is 12.1 Å². The van der Waals surface area contributed by atoms with Gasteiger partial charge in [0.1, 0.15) is 5.60 Å². The molecule has 5 nitrogen and oxygen atoms in total. The minimum Gasteiger partial charge on any atom is -0.483 e. The third-order valence-corrected chi connectivity index (χ3v) is 6.33. The zero-order valence-electron chi connectivity index (χ0n) is 16.6. The molecule has 2 aliphatic rings. The van der Waals surface area contributed by atoms with Crippen molar-refractivity contribution in [2.24, 2.45) is 0 Å². The van der Waals surface area contributed by atoms with Crippen molar-refractivity contribution in [2.75, 3.05) is 26.2 Å². The Kier molecular flexibility index (Phi) is 5.60. The van der Waals surface area contributed by atoms with Gasteiger partial charge >= 0.3 is 0 Å². The summed E-state index contributed by atoms with van der Waals surface area (Å²) >= 11 is 1.75. The van der Waals surface area contributed by atoms with E-state index in [0.29, 0.717) is 12.3 Å². The number of hydrogen-bond donors (Lipinski definition) is 1. The number of nitrogens with zero attached hydrogens (tertiary/aromatic N) is 1. The van der Waals surface area contributed by atoms with E-state index in [-0.39, 0.29) is 24.2 Å². The lowest BCUT2D eigenvalue weighted by molar-refractivity contribution is -0.123. The monoisotopic (exact) mass is 400 g/mol. The van der Waals surface area contributed by atoms with Crippen LogP contribution in [-0.4, -0.2) is 42.6 Å². The van der Waals surface area contributed by atoms with Crippen LogP contribution in [0.15, 0.2) is 35.7 Å². The van der Waals surface area contributed by atoms with Crippen LogP contribution in [0.25, 0.3) is 0 Å². The molecule has 28 heavy (non-hydrogen) atoms. The number of likely N-dealkylation sites (tertiary alicyclic amines) is 1. The lowest BCUT2D eigenvalue weighted by atomic mass is 10.0. The maximum atomic E-state index is 12.4. The third kappa shape index (κ3) is 4.33. The number of ether oxygens (including phenoxy) is 2. The Hall–Kier alpha value is -2.05. The van der Waals surface area contributed by atoms with Crippen LogP contribution in [0.5, 0.6) is 11.5 Å². The highest BCUT2D eigenvalue weighted by atomic mass is 32.1. The Balaban J connectivity index is 1.33. The van der Waals surface area contributed by atoms with Gasteiger partial charge in [-0.25, -0.2) is 0 Å². The van der Waals surface area contributed by atoms with Crippen molar-refractivity contribution in [2.45, 2.75) is 44.8 Å². The van der Waals surface area contributed by atoms with Crippen LogP contribution >= 0.6 is 11.3 Å². The number of nitrogens with one attached hydrogen (secondary N) is 1. The zero-order valence-corrected chi connectivity index (χ0v) is 17.4. The lowest BCUT2D eigenvalue weighted by Crippen LogP contribution is -2.38. The molecule has 1 atom stereocenters. The van der Waals surface area contributed by atoms with Crippen molar-refractivity contribution < 1.29 is 14.3 Å². The quantitative estimate of drug-likeness (QED) is 0.768. The fourth-order valence-electron chi connectivity index (χ4n) is 4.05. The predicted molar refractivity (Wildman–Crippen MR) is 111 cm³/mol. The van der Waals surface area contributed by atoms with E-state index in [0.717, 1.165) is 30.8 Å². The van der Waals surface area contributed by atoms with Crippen molar-refractivity contribution in [3.05, 3.63) is 46.2 Å². The number of hydrogen-bond acceptors (Lipinski definition) is 5. The minimum absolute atomic E-state index is 0.00258. The Bertz CT molecular complexity index is 813. The molecular weight excluding hydrogens is 372 g/mol. The van der Waals surface area contributed by atoms with E-state index in [9.17, 15) is 4.79 Å². The van der Waals surface area contributed by atoms with Crippen LogP contribution in [0.1, 0.15) is 43.2 Å². The second-order valence-corrected chi connectivity index (χ2v) is 9.13. The van der Waals surface area contributed by atoms with Crippen LogP contribution in [0.2, 0.25) is 0 Å². The number of carbonyl (C=O) groups is 1. The SMILES string of the molecule is CC1(C)Cc2cccc(OCC(=O)NCC(c3cccs3)N3CCCC3)c2O1. The molecule has 4 rings (SSSR count). The molecule has 3 heterocycles. The van der Waals surface area contributed by atoms with Gasteiger partial charge in [0, 0.05) is 23.4 Å². The van der Waals surface area contributed by atoms with Gasteiger partial charge in [-0.05, 0) is 57.3 Å². The predicted octanol–water partition coefficient (Wildman–Crippen LogP) is 3.79. The standard InChI is InChI=1S/C22H28N2O3S/c1-22(2)13-16-7-5-8-18(21(16)27-22)26-15-20(25)23-14-17(19-9-6-12-28-19)24-10-3-4-11-24/h5-9,12,17H,3-4,10-11,13-15H2,1-2H3,(H,23,25). The van der Waals surface area contributed by atoms with Crippen molar-refractivity contribution in [3.63, 3.8) is 0 Å². The van der Waals surface area contributed by atoms with E-state index in [2.05, 4.69) is 47.6 Å². The molecule has 2 aromatic rings. The minimum atomic E-state index is -0.228. The van der Waals surface area contributed by atoms with Gasteiger partial charge in [0.15, 0.2) is 18.1 Å². The molecule has 1 aromatic heterocycles. The summed E-state index contributed by atoms with van der Waals surface area (Å²) in [5.74, 6) is 1.32. The summed E-state index contributed by atoms with van der Waals surface area (Å²) in [5.41, 5.74) is 0.906. The number of carbonyl (C=O) groups excluding carboxylic acids is 1. The molecule has 0 bridgehead atoms. The van der Waals surface area contributed by atoms with Crippen LogP contribution in [0.3, 0.4) is 0 Å². The smallest absolute Gasteiger partial charge is 0.258 e. The number of para-hydroxylation sites is 1. The second-order valence-electron chi connectivity index (χ2n) is 8.15. The molecule has 1 aromatic carbocycles.